The maximum Gasteiger partial charge on any atom is 0.225 e. The molecule has 2 aliphatic rings. The molecule has 0 spiro atoms. The van der Waals surface area contributed by atoms with Crippen LogP contribution in [-0.4, -0.2) is 29.2 Å². The maximum atomic E-state index is 11.8. The van der Waals surface area contributed by atoms with Gasteiger partial charge in [-0.3, -0.25) is 4.79 Å². The van der Waals surface area contributed by atoms with Gasteiger partial charge in [-0.25, -0.2) is 0 Å². The topological polar surface area (TPSA) is 20.3 Å². The van der Waals surface area contributed by atoms with Crippen molar-refractivity contribution in [3.8, 4) is 0 Å². The van der Waals surface area contributed by atoms with E-state index in [4.69, 9.17) is 0 Å². The van der Waals surface area contributed by atoms with E-state index in [9.17, 15) is 4.79 Å². The summed E-state index contributed by atoms with van der Waals surface area (Å²) in [5.41, 5.74) is 0. The fourth-order valence-corrected chi connectivity index (χ4v) is 3.30. The van der Waals surface area contributed by atoms with E-state index in [-0.39, 0.29) is 0 Å². The van der Waals surface area contributed by atoms with Gasteiger partial charge in [0.15, 0.2) is 0 Å². The van der Waals surface area contributed by atoms with Crippen LogP contribution in [0, 0.1) is 11.8 Å². The molecule has 0 saturated heterocycles. The molecule has 0 aromatic rings. The van der Waals surface area contributed by atoms with Crippen LogP contribution in [0.25, 0.3) is 0 Å². The van der Waals surface area contributed by atoms with Crippen LogP contribution in [0.15, 0.2) is 0 Å². The quantitative estimate of drug-likeness (QED) is 0.714. The number of alkyl halides is 1. The fourth-order valence-electron chi connectivity index (χ4n) is 2.25. The number of rotatable bonds is 3. The lowest BCUT2D eigenvalue weighted by Crippen LogP contribution is -2.41. The molecule has 14 heavy (non-hydrogen) atoms. The molecule has 0 aromatic heterocycles. The second kappa shape index (κ2) is 4.21. The molecule has 80 valence electrons. The van der Waals surface area contributed by atoms with E-state index >= 15 is 0 Å². The molecule has 2 nitrogen and oxygen atoms in total. The molecule has 2 saturated carbocycles. The van der Waals surface area contributed by atoms with Crippen LogP contribution in [0.3, 0.4) is 0 Å². The van der Waals surface area contributed by atoms with Crippen LogP contribution in [0.2, 0.25) is 0 Å². The number of carbonyl (C=O) groups is 1. The Morgan fingerprint density at radius 2 is 2.07 bits per heavy atom. The lowest BCUT2D eigenvalue weighted by molar-refractivity contribution is -0.137. The average Bonchev–Trinajstić information content (AvgIpc) is 1.98. The lowest BCUT2D eigenvalue weighted by Gasteiger charge is -2.36. The Morgan fingerprint density at radius 3 is 2.50 bits per heavy atom. The Balaban J connectivity index is 1.71. The van der Waals surface area contributed by atoms with Crippen molar-refractivity contribution in [1.82, 2.24) is 4.90 Å². The Bertz CT molecular complexity index is 221. The van der Waals surface area contributed by atoms with Crippen LogP contribution < -0.4 is 0 Å². The second-order valence-corrected chi connectivity index (χ2v) is 6.08. The smallest absolute Gasteiger partial charge is 0.225 e. The van der Waals surface area contributed by atoms with Crippen molar-refractivity contribution in [3.05, 3.63) is 0 Å². The van der Waals surface area contributed by atoms with Gasteiger partial charge >= 0.3 is 0 Å². The zero-order valence-electron chi connectivity index (χ0n) is 8.71. The van der Waals surface area contributed by atoms with Crippen molar-refractivity contribution in [1.29, 1.82) is 0 Å². The molecule has 0 unspecified atom stereocenters. The highest BCUT2D eigenvalue weighted by atomic mass is 79.9. The summed E-state index contributed by atoms with van der Waals surface area (Å²) in [6.45, 7) is 0.970. The number of halogens is 1. The van der Waals surface area contributed by atoms with E-state index in [2.05, 4.69) is 15.9 Å². The average molecular weight is 260 g/mol. The highest BCUT2D eigenvalue weighted by Crippen LogP contribution is 2.34. The Morgan fingerprint density at radius 1 is 1.43 bits per heavy atom. The van der Waals surface area contributed by atoms with Gasteiger partial charge in [0, 0.05) is 24.3 Å². The largest absolute Gasteiger partial charge is 0.345 e. The summed E-state index contributed by atoms with van der Waals surface area (Å²) in [5, 5.41) is 0. The molecule has 2 rings (SSSR count). The van der Waals surface area contributed by atoms with E-state index in [1.165, 1.54) is 19.3 Å². The molecule has 0 radical (unpaired) electrons. The van der Waals surface area contributed by atoms with Gasteiger partial charge in [-0.15, -0.1) is 0 Å². The molecular weight excluding hydrogens is 242 g/mol. The van der Waals surface area contributed by atoms with Gasteiger partial charge in [-0.2, -0.15) is 0 Å². The first-order valence-corrected chi connectivity index (χ1v) is 6.47. The summed E-state index contributed by atoms with van der Waals surface area (Å²) in [6, 6.07) is 0. The third-order valence-electron chi connectivity index (χ3n) is 3.54. The highest BCUT2D eigenvalue weighted by molar-refractivity contribution is 9.09. The number of carbonyl (C=O) groups excluding carboxylic acids is 1. The minimum Gasteiger partial charge on any atom is -0.345 e. The normalized spacial score (nSPS) is 31.9. The number of nitrogens with zero attached hydrogens (tertiary/aromatic N) is 1. The van der Waals surface area contributed by atoms with Crippen molar-refractivity contribution in [2.75, 3.05) is 13.6 Å². The molecule has 2 fully saturated rings. The first kappa shape index (κ1) is 10.5. The van der Waals surface area contributed by atoms with Gasteiger partial charge in [0.25, 0.3) is 0 Å². The third kappa shape index (κ3) is 2.13. The molecule has 0 heterocycles. The van der Waals surface area contributed by atoms with Crippen molar-refractivity contribution >= 4 is 21.8 Å². The van der Waals surface area contributed by atoms with Crippen molar-refractivity contribution in [2.24, 2.45) is 11.8 Å². The molecule has 0 aliphatic heterocycles. The lowest BCUT2D eigenvalue weighted by atomic mass is 9.82. The molecule has 2 aliphatic carbocycles. The number of amides is 1. The van der Waals surface area contributed by atoms with E-state index in [0.29, 0.717) is 16.7 Å². The van der Waals surface area contributed by atoms with E-state index < -0.39 is 0 Å². The molecule has 0 N–H and O–H groups in total. The summed E-state index contributed by atoms with van der Waals surface area (Å²) in [6.07, 6.45) is 5.96. The standard InChI is InChI=1S/C11H18BrNO/c1-13(7-8-5-10(12)6-8)11(14)9-3-2-4-9/h8-10H,2-7H2,1H3. The zero-order valence-corrected chi connectivity index (χ0v) is 10.3. The summed E-state index contributed by atoms with van der Waals surface area (Å²) in [5.74, 6) is 1.49. The van der Waals surface area contributed by atoms with Gasteiger partial charge in [-0.1, -0.05) is 22.4 Å². The van der Waals surface area contributed by atoms with Crippen LogP contribution in [0.5, 0.6) is 0 Å². The molecule has 0 atom stereocenters. The van der Waals surface area contributed by atoms with Crippen molar-refractivity contribution < 1.29 is 4.79 Å². The Hall–Kier alpha value is -0.0500. The molecule has 0 bridgehead atoms. The summed E-state index contributed by atoms with van der Waals surface area (Å²) >= 11 is 3.58. The summed E-state index contributed by atoms with van der Waals surface area (Å²) < 4.78 is 0. The SMILES string of the molecule is CN(CC1CC(Br)C1)C(=O)C1CCC1. The first-order chi connectivity index (χ1) is 6.66. The van der Waals surface area contributed by atoms with Crippen molar-refractivity contribution in [2.45, 2.75) is 36.9 Å². The van der Waals surface area contributed by atoms with Crippen LogP contribution in [0.4, 0.5) is 0 Å². The van der Waals surface area contributed by atoms with E-state index in [1.54, 1.807) is 0 Å². The molecular formula is C11H18BrNO. The van der Waals surface area contributed by atoms with Crippen LogP contribution in [0.1, 0.15) is 32.1 Å². The molecule has 1 amide bonds. The van der Waals surface area contributed by atoms with Gasteiger partial charge in [-0.05, 0) is 31.6 Å². The van der Waals surface area contributed by atoms with E-state index in [1.807, 2.05) is 11.9 Å². The molecule has 0 aromatic carbocycles. The van der Waals surface area contributed by atoms with Crippen LogP contribution in [-0.2, 0) is 4.79 Å². The minimum atomic E-state index is 0.361. The maximum absolute atomic E-state index is 11.8. The molecule has 3 heteroatoms. The second-order valence-electron chi connectivity index (χ2n) is 4.78. The Kier molecular flexibility index (Phi) is 3.15. The minimum absolute atomic E-state index is 0.361. The van der Waals surface area contributed by atoms with Gasteiger partial charge in [0.1, 0.15) is 0 Å². The summed E-state index contributed by atoms with van der Waals surface area (Å²) in [4.78, 5) is 14.5. The predicted molar refractivity (Wildman–Crippen MR) is 60.4 cm³/mol. The van der Waals surface area contributed by atoms with Crippen LogP contribution >= 0.6 is 15.9 Å². The van der Waals surface area contributed by atoms with Gasteiger partial charge in [0.05, 0.1) is 0 Å². The van der Waals surface area contributed by atoms with E-state index in [0.717, 1.165) is 25.3 Å². The summed E-state index contributed by atoms with van der Waals surface area (Å²) in [7, 11) is 1.96. The zero-order chi connectivity index (χ0) is 10.1. The predicted octanol–water partition coefficient (Wildman–Crippen LogP) is 2.42. The van der Waals surface area contributed by atoms with Gasteiger partial charge in [0.2, 0.25) is 5.91 Å². The number of hydrogen-bond acceptors (Lipinski definition) is 1. The van der Waals surface area contributed by atoms with Crippen molar-refractivity contribution in [3.63, 3.8) is 0 Å². The number of hydrogen-bond donors (Lipinski definition) is 0. The highest BCUT2D eigenvalue weighted by Gasteiger charge is 2.32. The first-order valence-electron chi connectivity index (χ1n) is 5.56. The third-order valence-corrected chi connectivity index (χ3v) is 4.29. The fraction of sp³-hybridized carbons (Fsp3) is 0.909. The monoisotopic (exact) mass is 259 g/mol. The Labute approximate surface area is 94.2 Å². The van der Waals surface area contributed by atoms with Gasteiger partial charge < -0.3 is 4.90 Å².